The summed E-state index contributed by atoms with van der Waals surface area (Å²) in [5.74, 6) is 0. The summed E-state index contributed by atoms with van der Waals surface area (Å²) in [4.78, 5) is 2.16. The number of anilines is 1. The van der Waals surface area contributed by atoms with Crippen molar-refractivity contribution in [3.05, 3.63) is 29.3 Å². The van der Waals surface area contributed by atoms with E-state index in [4.69, 9.17) is 11.6 Å². The van der Waals surface area contributed by atoms with Crippen molar-refractivity contribution in [3.8, 4) is 0 Å². The molecule has 0 bridgehead atoms. The van der Waals surface area contributed by atoms with Crippen LogP contribution in [0, 0.1) is 0 Å². The minimum absolute atomic E-state index is 0.356. The fraction of sp³-hybridized carbons (Fsp3) is 0.538. The molecule has 1 fully saturated rings. The molecule has 1 aliphatic heterocycles. The topological polar surface area (TPSA) is 40.6 Å². The van der Waals surface area contributed by atoms with E-state index in [-0.39, 0.29) is 5.25 Å². The van der Waals surface area contributed by atoms with E-state index in [0.717, 1.165) is 5.69 Å². The molecule has 106 valence electrons. The maximum atomic E-state index is 12.1. The zero-order valence-electron chi connectivity index (χ0n) is 11.2. The maximum absolute atomic E-state index is 12.1. The summed E-state index contributed by atoms with van der Waals surface area (Å²) in [6, 6.07) is 7.66. The molecule has 0 atom stereocenters. The van der Waals surface area contributed by atoms with E-state index in [1.54, 1.807) is 18.2 Å². The quantitative estimate of drug-likeness (QED) is 0.859. The van der Waals surface area contributed by atoms with E-state index in [9.17, 15) is 8.42 Å². The molecule has 0 aliphatic carbocycles. The van der Waals surface area contributed by atoms with Crippen LogP contribution >= 0.6 is 11.6 Å². The summed E-state index contributed by atoms with van der Waals surface area (Å²) in [7, 11) is -3.13. The molecule has 1 aromatic carbocycles. The van der Waals surface area contributed by atoms with Gasteiger partial charge in [-0.05, 0) is 32.0 Å². The van der Waals surface area contributed by atoms with Gasteiger partial charge in [0.05, 0.1) is 5.25 Å². The zero-order valence-corrected chi connectivity index (χ0v) is 12.8. The van der Waals surface area contributed by atoms with Crippen LogP contribution in [0.5, 0.6) is 0 Å². The van der Waals surface area contributed by atoms with Gasteiger partial charge in [0, 0.05) is 36.9 Å². The van der Waals surface area contributed by atoms with Gasteiger partial charge in [-0.15, -0.1) is 0 Å². The largest absolute Gasteiger partial charge is 0.369 e. The van der Waals surface area contributed by atoms with Crippen molar-refractivity contribution >= 4 is 27.3 Å². The summed E-state index contributed by atoms with van der Waals surface area (Å²) in [6.45, 7) is 5.91. The third-order valence-corrected chi connectivity index (χ3v) is 5.88. The first kappa shape index (κ1) is 14.6. The van der Waals surface area contributed by atoms with Crippen molar-refractivity contribution in [2.24, 2.45) is 0 Å². The van der Waals surface area contributed by atoms with Gasteiger partial charge < -0.3 is 4.90 Å². The highest BCUT2D eigenvalue weighted by Crippen LogP contribution is 2.22. The summed E-state index contributed by atoms with van der Waals surface area (Å²) in [5.41, 5.74) is 1.05. The van der Waals surface area contributed by atoms with E-state index in [2.05, 4.69) is 4.90 Å². The number of rotatable bonds is 3. The molecule has 2 rings (SSSR count). The Morgan fingerprint density at radius 3 is 2.32 bits per heavy atom. The standard InChI is InChI=1S/C13H19ClN2O2S/c1-11(2)19(17,18)16-8-6-15(7-9-16)13-5-3-4-12(14)10-13/h3-5,10-11H,6-9H2,1-2H3. The molecule has 1 saturated heterocycles. The van der Waals surface area contributed by atoms with Crippen molar-refractivity contribution in [1.29, 1.82) is 0 Å². The smallest absolute Gasteiger partial charge is 0.216 e. The van der Waals surface area contributed by atoms with Crippen LogP contribution in [0.25, 0.3) is 0 Å². The molecule has 0 N–H and O–H groups in total. The van der Waals surface area contributed by atoms with Crippen molar-refractivity contribution in [2.75, 3.05) is 31.1 Å². The summed E-state index contributed by atoms with van der Waals surface area (Å²) < 4.78 is 25.7. The molecule has 6 heteroatoms. The molecule has 1 heterocycles. The van der Waals surface area contributed by atoms with Crippen LogP contribution in [0.2, 0.25) is 5.02 Å². The van der Waals surface area contributed by atoms with Gasteiger partial charge in [-0.2, -0.15) is 4.31 Å². The normalized spacial score (nSPS) is 18.0. The number of sulfonamides is 1. The summed E-state index contributed by atoms with van der Waals surface area (Å²) in [6.07, 6.45) is 0. The van der Waals surface area contributed by atoms with E-state index in [1.807, 2.05) is 24.3 Å². The van der Waals surface area contributed by atoms with Crippen LogP contribution in [0.15, 0.2) is 24.3 Å². The van der Waals surface area contributed by atoms with Crippen LogP contribution in [-0.2, 0) is 10.0 Å². The lowest BCUT2D eigenvalue weighted by Crippen LogP contribution is -2.50. The number of hydrogen-bond donors (Lipinski definition) is 0. The highest BCUT2D eigenvalue weighted by atomic mass is 35.5. The molecule has 0 radical (unpaired) electrons. The second-order valence-corrected chi connectivity index (χ2v) is 7.89. The van der Waals surface area contributed by atoms with Crippen LogP contribution < -0.4 is 4.90 Å². The average Bonchev–Trinajstić information content (AvgIpc) is 2.38. The van der Waals surface area contributed by atoms with E-state index >= 15 is 0 Å². The monoisotopic (exact) mass is 302 g/mol. The van der Waals surface area contributed by atoms with Crippen LogP contribution in [0.4, 0.5) is 5.69 Å². The number of nitrogens with zero attached hydrogens (tertiary/aromatic N) is 2. The van der Waals surface area contributed by atoms with Gasteiger partial charge in [0.15, 0.2) is 0 Å². The Morgan fingerprint density at radius 2 is 1.79 bits per heavy atom. The molecule has 1 aromatic rings. The van der Waals surface area contributed by atoms with Crippen molar-refractivity contribution in [2.45, 2.75) is 19.1 Å². The lowest BCUT2D eigenvalue weighted by molar-refractivity contribution is 0.381. The Balaban J connectivity index is 2.04. The lowest BCUT2D eigenvalue weighted by atomic mass is 10.2. The van der Waals surface area contributed by atoms with Crippen molar-refractivity contribution in [1.82, 2.24) is 4.31 Å². The highest BCUT2D eigenvalue weighted by molar-refractivity contribution is 7.89. The molecule has 19 heavy (non-hydrogen) atoms. The second kappa shape index (κ2) is 5.69. The predicted molar refractivity (Wildman–Crippen MR) is 79.3 cm³/mol. The van der Waals surface area contributed by atoms with Gasteiger partial charge in [-0.1, -0.05) is 17.7 Å². The summed E-state index contributed by atoms with van der Waals surface area (Å²) in [5, 5.41) is 0.347. The third kappa shape index (κ3) is 3.22. The minimum Gasteiger partial charge on any atom is -0.369 e. The van der Waals surface area contributed by atoms with E-state index in [1.165, 1.54) is 0 Å². The van der Waals surface area contributed by atoms with Gasteiger partial charge >= 0.3 is 0 Å². The third-order valence-electron chi connectivity index (χ3n) is 3.37. The van der Waals surface area contributed by atoms with Gasteiger partial charge in [0.25, 0.3) is 0 Å². The van der Waals surface area contributed by atoms with Gasteiger partial charge in [0.1, 0.15) is 0 Å². The van der Waals surface area contributed by atoms with E-state index in [0.29, 0.717) is 31.2 Å². The Morgan fingerprint density at radius 1 is 1.16 bits per heavy atom. The molecule has 0 aromatic heterocycles. The number of halogens is 1. The molecule has 0 spiro atoms. The van der Waals surface area contributed by atoms with Gasteiger partial charge in [-0.3, -0.25) is 0 Å². The number of benzene rings is 1. The lowest BCUT2D eigenvalue weighted by Gasteiger charge is -2.36. The van der Waals surface area contributed by atoms with Gasteiger partial charge in [0.2, 0.25) is 10.0 Å². The Labute approximate surface area is 120 Å². The Kier molecular flexibility index (Phi) is 4.38. The molecule has 4 nitrogen and oxygen atoms in total. The first-order valence-electron chi connectivity index (χ1n) is 6.41. The highest BCUT2D eigenvalue weighted by Gasteiger charge is 2.29. The summed E-state index contributed by atoms with van der Waals surface area (Å²) >= 11 is 5.97. The Hall–Kier alpha value is -0.780. The van der Waals surface area contributed by atoms with E-state index < -0.39 is 10.0 Å². The minimum atomic E-state index is -3.13. The molecular weight excluding hydrogens is 284 g/mol. The predicted octanol–water partition coefficient (Wildman–Crippen LogP) is 2.20. The molecule has 0 unspecified atom stereocenters. The molecule has 0 amide bonds. The fourth-order valence-electron chi connectivity index (χ4n) is 2.17. The number of hydrogen-bond acceptors (Lipinski definition) is 3. The first-order valence-corrected chi connectivity index (χ1v) is 8.29. The van der Waals surface area contributed by atoms with Crippen LogP contribution in [0.1, 0.15) is 13.8 Å². The van der Waals surface area contributed by atoms with Crippen molar-refractivity contribution in [3.63, 3.8) is 0 Å². The average molecular weight is 303 g/mol. The SMILES string of the molecule is CC(C)S(=O)(=O)N1CCN(c2cccc(Cl)c2)CC1. The molecule has 1 aliphatic rings. The molecular formula is C13H19ClN2O2S. The fourth-order valence-corrected chi connectivity index (χ4v) is 3.62. The Bertz CT molecular complexity index is 537. The first-order chi connectivity index (χ1) is 8.91. The van der Waals surface area contributed by atoms with Crippen molar-refractivity contribution < 1.29 is 8.42 Å². The molecule has 0 saturated carbocycles. The second-order valence-electron chi connectivity index (χ2n) is 4.96. The van der Waals surface area contributed by atoms with Gasteiger partial charge in [-0.25, -0.2) is 8.42 Å². The number of piperazine rings is 1. The van der Waals surface area contributed by atoms with Crippen LogP contribution in [0.3, 0.4) is 0 Å². The van der Waals surface area contributed by atoms with Crippen LogP contribution in [-0.4, -0.2) is 44.2 Å². The zero-order chi connectivity index (χ0) is 14.0. The maximum Gasteiger partial charge on any atom is 0.216 e.